The second kappa shape index (κ2) is 9.58. The van der Waals surface area contributed by atoms with Crippen molar-refractivity contribution in [3.8, 4) is 0 Å². The standard InChI is InChI=1S/C26H27N3O2/c1-20-9-5-6-12-22(20)19-28-15-17-29(18-16-28)26(31)23-13-7-8-14-24(23)27-25(30)21-10-3-2-4-11-21/h2-14H,15-19H2,1H3,(H,27,30). The summed E-state index contributed by atoms with van der Waals surface area (Å²) in [5.41, 5.74) is 4.26. The lowest BCUT2D eigenvalue weighted by molar-refractivity contribution is 0.0629. The van der Waals surface area contributed by atoms with Crippen molar-refractivity contribution in [1.29, 1.82) is 0 Å². The molecule has 1 saturated heterocycles. The van der Waals surface area contributed by atoms with Crippen molar-refractivity contribution in [2.24, 2.45) is 0 Å². The molecule has 3 aromatic rings. The SMILES string of the molecule is Cc1ccccc1CN1CCN(C(=O)c2ccccc2NC(=O)c2ccccc2)CC1. The lowest BCUT2D eigenvalue weighted by atomic mass is 10.1. The molecule has 0 atom stereocenters. The summed E-state index contributed by atoms with van der Waals surface area (Å²) in [5.74, 6) is -0.261. The maximum absolute atomic E-state index is 13.2. The minimum atomic E-state index is -0.219. The van der Waals surface area contributed by atoms with Crippen LogP contribution in [0.4, 0.5) is 5.69 Å². The molecule has 0 radical (unpaired) electrons. The van der Waals surface area contributed by atoms with E-state index in [1.54, 1.807) is 24.3 Å². The summed E-state index contributed by atoms with van der Waals surface area (Å²) in [5, 5.41) is 2.90. The smallest absolute Gasteiger partial charge is 0.256 e. The monoisotopic (exact) mass is 413 g/mol. The average Bonchev–Trinajstić information content (AvgIpc) is 2.81. The third-order valence-corrected chi connectivity index (χ3v) is 5.76. The molecule has 1 fully saturated rings. The lowest BCUT2D eigenvalue weighted by Gasteiger charge is -2.35. The van der Waals surface area contributed by atoms with E-state index in [1.807, 2.05) is 35.2 Å². The Labute approximate surface area is 183 Å². The number of hydrogen-bond acceptors (Lipinski definition) is 3. The number of nitrogens with one attached hydrogen (secondary N) is 1. The van der Waals surface area contributed by atoms with Gasteiger partial charge in [-0.3, -0.25) is 14.5 Å². The minimum absolute atomic E-state index is 0.0421. The first-order valence-electron chi connectivity index (χ1n) is 10.6. The fourth-order valence-electron chi connectivity index (χ4n) is 3.87. The molecule has 0 aliphatic carbocycles. The van der Waals surface area contributed by atoms with Gasteiger partial charge in [0, 0.05) is 38.3 Å². The molecule has 158 valence electrons. The second-order valence-corrected chi connectivity index (χ2v) is 7.86. The van der Waals surface area contributed by atoms with Crippen molar-refractivity contribution in [1.82, 2.24) is 9.80 Å². The van der Waals surface area contributed by atoms with Crippen LogP contribution in [0, 0.1) is 6.92 Å². The van der Waals surface area contributed by atoms with Gasteiger partial charge < -0.3 is 10.2 Å². The molecule has 3 aromatic carbocycles. The third-order valence-electron chi connectivity index (χ3n) is 5.76. The number of hydrogen-bond donors (Lipinski definition) is 1. The van der Waals surface area contributed by atoms with E-state index in [0.717, 1.165) is 19.6 Å². The summed E-state index contributed by atoms with van der Waals surface area (Å²) < 4.78 is 0. The highest BCUT2D eigenvalue weighted by Gasteiger charge is 2.24. The Morgan fingerprint density at radius 1 is 0.806 bits per heavy atom. The zero-order valence-electron chi connectivity index (χ0n) is 17.8. The van der Waals surface area contributed by atoms with Gasteiger partial charge in [0.15, 0.2) is 0 Å². The van der Waals surface area contributed by atoms with Crippen LogP contribution in [0.5, 0.6) is 0 Å². The predicted octanol–water partition coefficient (Wildman–Crippen LogP) is 4.21. The van der Waals surface area contributed by atoms with E-state index in [9.17, 15) is 9.59 Å². The van der Waals surface area contributed by atoms with E-state index in [1.165, 1.54) is 11.1 Å². The molecular formula is C26H27N3O2. The van der Waals surface area contributed by atoms with Crippen molar-refractivity contribution in [2.45, 2.75) is 13.5 Å². The summed E-state index contributed by atoms with van der Waals surface area (Å²) in [4.78, 5) is 30.0. The highest BCUT2D eigenvalue weighted by Crippen LogP contribution is 2.20. The van der Waals surface area contributed by atoms with E-state index in [2.05, 4.69) is 41.4 Å². The van der Waals surface area contributed by atoms with E-state index in [-0.39, 0.29) is 11.8 Å². The topological polar surface area (TPSA) is 52.6 Å². The first kappa shape index (κ1) is 20.8. The molecule has 0 bridgehead atoms. The average molecular weight is 414 g/mol. The summed E-state index contributed by atoms with van der Waals surface area (Å²) in [7, 11) is 0. The van der Waals surface area contributed by atoms with Crippen molar-refractivity contribution < 1.29 is 9.59 Å². The molecule has 0 unspecified atom stereocenters. The van der Waals surface area contributed by atoms with Gasteiger partial charge in [-0.2, -0.15) is 0 Å². The van der Waals surface area contributed by atoms with Gasteiger partial charge in [-0.1, -0.05) is 54.6 Å². The fourth-order valence-corrected chi connectivity index (χ4v) is 3.87. The molecule has 1 aliphatic rings. The molecule has 1 heterocycles. The number of anilines is 1. The van der Waals surface area contributed by atoms with Crippen LogP contribution in [-0.2, 0) is 6.54 Å². The van der Waals surface area contributed by atoms with Crippen LogP contribution in [-0.4, -0.2) is 47.8 Å². The van der Waals surface area contributed by atoms with Crippen LogP contribution >= 0.6 is 0 Å². The number of aryl methyl sites for hydroxylation is 1. The summed E-state index contributed by atoms with van der Waals surface area (Å²) in [6.45, 7) is 6.04. The normalized spacial score (nSPS) is 14.3. The zero-order chi connectivity index (χ0) is 21.6. The fraction of sp³-hybridized carbons (Fsp3) is 0.231. The molecule has 2 amide bonds. The van der Waals surface area contributed by atoms with Crippen LogP contribution in [0.3, 0.4) is 0 Å². The number of nitrogens with zero attached hydrogens (tertiary/aromatic N) is 2. The maximum atomic E-state index is 13.2. The van der Waals surface area contributed by atoms with Gasteiger partial charge >= 0.3 is 0 Å². The summed E-state index contributed by atoms with van der Waals surface area (Å²) >= 11 is 0. The van der Waals surface area contributed by atoms with Crippen molar-refractivity contribution in [3.05, 3.63) is 101 Å². The highest BCUT2D eigenvalue weighted by molar-refractivity contribution is 6.09. The van der Waals surface area contributed by atoms with Gasteiger partial charge in [-0.05, 0) is 42.3 Å². The Morgan fingerprint density at radius 3 is 2.19 bits per heavy atom. The van der Waals surface area contributed by atoms with E-state index >= 15 is 0 Å². The molecular weight excluding hydrogens is 386 g/mol. The number of carbonyl (C=O) groups excluding carboxylic acids is 2. The third kappa shape index (κ3) is 5.01. The molecule has 4 rings (SSSR count). The van der Waals surface area contributed by atoms with E-state index in [0.29, 0.717) is 29.9 Å². The lowest BCUT2D eigenvalue weighted by Crippen LogP contribution is -2.48. The largest absolute Gasteiger partial charge is 0.336 e. The van der Waals surface area contributed by atoms with Crippen molar-refractivity contribution in [3.63, 3.8) is 0 Å². The summed E-state index contributed by atoms with van der Waals surface area (Å²) in [6, 6.07) is 24.7. The van der Waals surface area contributed by atoms with Gasteiger partial charge in [0.2, 0.25) is 0 Å². The number of rotatable bonds is 5. The van der Waals surface area contributed by atoms with Gasteiger partial charge in [-0.15, -0.1) is 0 Å². The molecule has 5 nitrogen and oxygen atoms in total. The van der Waals surface area contributed by atoms with Crippen LogP contribution < -0.4 is 5.32 Å². The van der Waals surface area contributed by atoms with E-state index < -0.39 is 0 Å². The van der Waals surface area contributed by atoms with Gasteiger partial charge in [0.25, 0.3) is 11.8 Å². The number of benzene rings is 3. The quantitative estimate of drug-likeness (QED) is 0.682. The molecule has 0 spiro atoms. The first-order chi connectivity index (χ1) is 15.1. The highest BCUT2D eigenvalue weighted by atomic mass is 16.2. The second-order valence-electron chi connectivity index (χ2n) is 7.86. The molecule has 31 heavy (non-hydrogen) atoms. The van der Waals surface area contributed by atoms with Crippen molar-refractivity contribution in [2.75, 3.05) is 31.5 Å². The minimum Gasteiger partial charge on any atom is -0.336 e. The number of para-hydroxylation sites is 1. The Balaban J connectivity index is 1.40. The van der Waals surface area contributed by atoms with Crippen LogP contribution in [0.15, 0.2) is 78.9 Å². The van der Waals surface area contributed by atoms with Gasteiger partial charge in [0.1, 0.15) is 0 Å². The van der Waals surface area contributed by atoms with E-state index in [4.69, 9.17) is 0 Å². The number of carbonyl (C=O) groups is 2. The van der Waals surface area contributed by atoms with Gasteiger partial charge in [-0.25, -0.2) is 0 Å². The Bertz CT molecular complexity index is 1060. The zero-order valence-corrected chi connectivity index (χ0v) is 17.8. The molecule has 0 saturated carbocycles. The van der Waals surface area contributed by atoms with Crippen LogP contribution in [0.1, 0.15) is 31.8 Å². The molecule has 5 heteroatoms. The maximum Gasteiger partial charge on any atom is 0.256 e. The first-order valence-corrected chi connectivity index (χ1v) is 10.6. The molecule has 1 aliphatic heterocycles. The summed E-state index contributed by atoms with van der Waals surface area (Å²) in [6.07, 6.45) is 0. The van der Waals surface area contributed by atoms with Gasteiger partial charge in [0.05, 0.1) is 11.3 Å². The number of piperazine rings is 1. The van der Waals surface area contributed by atoms with Crippen LogP contribution in [0.25, 0.3) is 0 Å². The van der Waals surface area contributed by atoms with Crippen molar-refractivity contribution >= 4 is 17.5 Å². The molecule has 1 N–H and O–H groups in total. The molecule has 0 aromatic heterocycles. The number of amides is 2. The van der Waals surface area contributed by atoms with Crippen LogP contribution in [0.2, 0.25) is 0 Å². The Kier molecular flexibility index (Phi) is 6.43. The Hall–Kier alpha value is -3.44. The Morgan fingerprint density at radius 2 is 1.45 bits per heavy atom. The predicted molar refractivity (Wildman–Crippen MR) is 123 cm³/mol.